The number of carbonyl (C=O) groups is 1. The van der Waals surface area contributed by atoms with E-state index in [9.17, 15) is 4.79 Å². The highest BCUT2D eigenvalue weighted by molar-refractivity contribution is 5.95. The van der Waals surface area contributed by atoms with Crippen molar-refractivity contribution in [1.29, 1.82) is 0 Å². The predicted molar refractivity (Wildman–Crippen MR) is 86.8 cm³/mol. The topological polar surface area (TPSA) is 62.7 Å². The summed E-state index contributed by atoms with van der Waals surface area (Å²) in [7, 11) is 0. The maximum Gasteiger partial charge on any atom is 0.284 e. The molecule has 114 valence electrons. The minimum atomic E-state index is -0.542. The summed E-state index contributed by atoms with van der Waals surface area (Å²) < 4.78 is 5.41. The van der Waals surface area contributed by atoms with Crippen LogP contribution in [-0.2, 0) is 0 Å². The molecule has 0 saturated carbocycles. The molecule has 5 heteroatoms. The Kier molecular flexibility index (Phi) is 4.03. The van der Waals surface area contributed by atoms with Crippen LogP contribution < -0.4 is 10.6 Å². The van der Waals surface area contributed by atoms with Crippen molar-refractivity contribution < 1.29 is 9.21 Å². The van der Waals surface area contributed by atoms with Crippen molar-refractivity contribution in [3.63, 3.8) is 0 Å². The van der Waals surface area contributed by atoms with Crippen LogP contribution in [0.2, 0.25) is 0 Å². The van der Waals surface area contributed by atoms with Crippen molar-refractivity contribution in [2.45, 2.75) is 6.42 Å². The van der Waals surface area contributed by atoms with E-state index in [4.69, 9.17) is 16.6 Å². The van der Waals surface area contributed by atoms with Crippen molar-refractivity contribution in [3.8, 4) is 12.3 Å². The molecule has 1 amide bonds. The third-order valence-electron chi connectivity index (χ3n) is 4.05. The number of nitrogens with two attached hydrogens (primary N) is 1. The number of furan rings is 1. The van der Waals surface area contributed by atoms with Gasteiger partial charge in [-0.15, -0.1) is 12.3 Å². The molecule has 1 aliphatic heterocycles. The lowest BCUT2D eigenvalue weighted by molar-refractivity contribution is 0.0976. The molecule has 1 aromatic carbocycles. The largest absolute Gasteiger partial charge is 0.451 e. The molecule has 0 atom stereocenters. The Morgan fingerprint density at radius 2 is 2.05 bits per heavy atom. The molecule has 1 aromatic heterocycles. The second kappa shape index (κ2) is 6.12. The fourth-order valence-corrected chi connectivity index (χ4v) is 2.80. The Morgan fingerprint density at radius 3 is 2.73 bits per heavy atom. The number of rotatable bonds is 4. The lowest BCUT2D eigenvalue weighted by Crippen LogP contribution is -2.46. The van der Waals surface area contributed by atoms with Gasteiger partial charge in [-0.25, -0.2) is 0 Å². The number of benzene rings is 1. The Morgan fingerprint density at radius 1 is 1.27 bits per heavy atom. The molecule has 0 aliphatic carbocycles. The zero-order chi connectivity index (χ0) is 15.5. The van der Waals surface area contributed by atoms with Crippen molar-refractivity contribution in [1.82, 2.24) is 4.90 Å². The summed E-state index contributed by atoms with van der Waals surface area (Å²) in [5.74, 6) is 2.34. The van der Waals surface area contributed by atoms with Gasteiger partial charge in [0.2, 0.25) is 0 Å². The van der Waals surface area contributed by atoms with Crippen LogP contribution in [0.1, 0.15) is 17.0 Å². The Balaban J connectivity index is 1.72. The number of amides is 1. The lowest BCUT2D eigenvalue weighted by atomic mass is 10.2. The monoisotopic (exact) mass is 297 g/mol. The Bertz CT molecular complexity index is 721. The highest BCUT2D eigenvalue weighted by atomic mass is 16.3. The van der Waals surface area contributed by atoms with Gasteiger partial charge in [-0.3, -0.25) is 9.69 Å². The number of hydrogen-bond donors (Lipinski definition) is 1. The standard InChI is InChI=1S/C17H19N3O2/c1-2-3-6-19-7-9-20(10-8-19)14-4-5-15-13(11-14)12-16(22-15)17(18)21/h1,4-5,11-12H,3,6-10H2,(H2,18,21). The molecular weight excluding hydrogens is 278 g/mol. The van der Waals surface area contributed by atoms with E-state index in [1.807, 2.05) is 18.2 Å². The summed E-state index contributed by atoms with van der Waals surface area (Å²) in [6.07, 6.45) is 6.11. The average molecular weight is 297 g/mol. The quantitative estimate of drug-likeness (QED) is 0.872. The van der Waals surface area contributed by atoms with Gasteiger partial charge in [0.1, 0.15) is 5.58 Å². The maximum atomic E-state index is 11.2. The van der Waals surface area contributed by atoms with Gasteiger partial charge in [0.15, 0.2) is 5.76 Å². The Labute approximate surface area is 129 Å². The van der Waals surface area contributed by atoms with Crippen LogP contribution in [0, 0.1) is 12.3 Å². The van der Waals surface area contributed by atoms with E-state index in [2.05, 4.69) is 15.7 Å². The van der Waals surface area contributed by atoms with E-state index in [0.717, 1.165) is 50.2 Å². The molecule has 5 nitrogen and oxygen atoms in total. The summed E-state index contributed by atoms with van der Waals surface area (Å²) in [6.45, 7) is 4.93. The third kappa shape index (κ3) is 2.92. The first-order valence-corrected chi connectivity index (χ1v) is 7.41. The second-order valence-electron chi connectivity index (χ2n) is 5.48. The summed E-state index contributed by atoms with van der Waals surface area (Å²) in [4.78, 5) is 15.9. The Hall–Kier alpha value is -2.45. The molecule has 0 bridgehead atoms. The highest BCUT2D eigenvalue weighted by Crippen LogP contribution is 2.25. The number of primary amides is 1. The van der Waals surface area contributed by atoms with Crippen LogP contribution in [0.5, 0.6) is 0 Å². The van der Waals surface area contributed by atoms with Gasteiger partial charge >= 0.3 is 0 Å². The van der Waals surface area contributed by atoms with Crippen LogP contribution in [0.4, 0.5) is 5.69 Å². The molecule has 1 aliphatic rings. The third-order valence-corrected chi connectivity index (χ3v) is 4.05. The molecule has 3 rings (SSSR count). The van der Waals surface area contributed by atoms with Crippen LogP contribution in [0.25, 0.3) is 11.0 Å². The number of fused-ring (bicyclic) bond motifs is 1. The van der Waals surface area contributed by atoms with Crippen LogP contribution >= 0.6 is 0 Å². The number of nitrogens with zero attached hydrogens (tertiary/aromatic N) is 2. The molecule has 2 N–H and O–H groups in total. The number of terminal acetylenes is 1. The number of piperazine rings is 1. The van der Waals surface area contributed by atoms with Gasteiger partial charge in [0, 0.05) is 50.2 Å². The first-order chi connectivity index (χ1) is 10.7. The number of anilines is 1. The van der Waals surface area contributed by atoms with Gasteiger partial charge < -0.3 is 15.1 Å². The molecule has 0 radical (unpaired) electrons. The molecular formula is C17H19N3O2. The molecule has 2 heterocycles. The summed E-state index contributed by atoms with van der Waals surface area (Å²) in [6, 6.07) is 7.65. The van der Waals surface area contributed by atoms with Gasteiger partial charge in [0.05, 0.1) is 0 Å². The maximum absolute atomic E-state index is 11.2. The molecule has 0 unspecified atom stereocenters. The van der Waals surface area contributed by atoms with E-state index in [1.54, 1.807) is 6.07 Å². The van der Waals surface area contributed by atoms with E-state index >= 15 is 0 Å². The number of hydrogen-bond acceptors (Lipinski definition) is 4. The lowest BCUT2D eigenvalue weighted by Gasteiger charge is -2.35. The fourth-order valence-electron chi connectivity index (χ4n) is 2.80. The molecule has 0 spiro atoms. The highest BCUT2D eigenvalue weighted by Gasteiger charge is 2.17. The number of carbonyl (C=O) groups excluding carboxylic acids is 1. The SMILES string of the molecule is C#CCCN1CCN(c2ccc3oc(C(N)=O)cc3c2)CC1. The summed E-state index contributed by atoms with van der Waals surface area (Å²) in [5.41, 5.74) is 7.08. The first-order valence-electron chi connectivity index (χ1n) is 7.41. The predicted octanol–water partition coefficient (Wildman–Crippen LogP) is 1.68. The normalized spacial score (nSPS) is 15.9. The van der Waals surface area contributed by atoms with Crippen LogP contribution in [0.15, 0.2) is 28.7 Å². The van der Waals surface area contributed by atoms with Crippen molar-refractivity contribution in [2.75, 3.05) is 37.6 Å². The van der Waals surface area contributed by atoms with Crippen molar-refractivity contribution >= 4 is 22.6 Å². The van der Waals surface area contributed by atoms with Crippen LogP contribution in [-0.4, -0.2) is 43.5 Å². The van der Waals surface area contributed by atoms with Crippen molar-refractivity contribution in [2.24, 2.45) is 5.73 Å². The van der Waals surface area contributed by atoms with E-state index in [1.165, 1.54) is 0 Å². The van der Waals surface area contributed by atoms with Crippen molar-refractivity contribution in [3.05, 3.63) is 30.0 Å². The molecule has 1 saturated heterocycles. The van der Waals surface area contributed by atoms with Gasteiger partial charge in [-0.1, -0.05) is 0 Å². The fraction of sp³-hybridized carbons (Fsp3) is 0.353. The zero-order valence-electron chi connectivity index (χ0n) is 12.4. The van der Waals surface area contributed by atoms with E-state index < -0.39 is 5.91 Å². The molecule has 1 fully saturated rings. The van der Waals surface area contributed by atoms with Gasteiger partial charge in [-0.05, 0) is 24.3 Å². The van der Waals surface area contributed by atoms with Gasteiger partial charge in [0.25, 0.3) is 5.91 Å². The van der Waals surface area contributed by atoms with E-state index in [-0.39, 0.29) is 5.76 Å². The van der Waals surface area contributed by atoms with Crippen LogP contribution in [0.3, 0.4) is 0 Å². The van der Waals surface area contributed by atoms with Gasteiger partial charge in [-0.2, -0.15) is 0 Å². The average Bonchev–Trinajstić information content (AvgIpc) is 2.97. The smallest absolute Gasteiger partial charge is 0.284 e. The summed E-state index contributed by atoms with van der Waals surface area (Å²) >= 11 is 0. The molecule has 22 heavy (non-hydrogen) atoms. The minimum Gasteiger partial charge on any atom is -0.451 e. The summed E-state index contributed by atoms with van der Waals surface area (Å²) in [5, 5.41) is 0.904. The van der Waals surface area contributed by atoms with E-state index in [0.29, 0.717) is 5.58 Å². The second-order valence-corrected chi connectivity index (χ2v) is 5.48. The molecule has 2 aromatic rings. The first kappa shape index (κ1) is 14.5. The zero-order valence-corrected chi connectivity index (χ0v) is 12.4. The minimum absolute atomic E-state index is 0.200.